The first-order chi connectivity index (χ1) is 13.1. The number of ketones is 1. The fraction of sp³-hybridized carbons (Fsp3) is 0.190. The highest BCUT2D eigenvalue weighted by molar-refractivity contribution is 8.00. The van der Waals surface area contributed by atoms with Gasteiger partial charge in [-0.15, -0.1) is 0 Å². The van der Waals surface area contributed by atoms with E-state index in [9.17, 15) is 10.1 Å². The first-order valence-corrected chi connectivity index (χ1v) is 9.41. The second-order valence-electron chi connectivity index (χ2n) is 5.68. The number of carbonyl (C=O) groups excluding carboxylic acids is 1. The second-order valence-corrected chi connectivity index (χ2v) is 6.64. The fourth-order valence-corrected chi connectivity index (χ4v) is 3.44. The molecule has 0 unspecified atom stereocenters. The maximum Gasteiger partial charge on any atom is 0.173 e. The number of hydrogen-bond donors (Lipinski definition) is 0. The van der Waals surface area contributed by atoms with Gasteiger partial charge in [-0.3, -0.25) is 4.79 Å². The fourth-order valence-electron chi connectivity index (χ4n) is 2.58. The number of carbonyl (C=O) groups is 1. The number of rotatable bonds is 7. The van der Waals surface area contributed by atoms with Crippen LogP contribution in [0.4, 0.5) is 0 Å². The Morgan fingerprint density at radius 1 is 1.15 bits per heavy atom. The Kier molecular flexibility index (Phi) is 5.94. The Balaban J connectivity index is 1.80. The van der Waals surface area contributed by atoms with Gasteiger partial charge in [0.2, 0.25) is 0 Å². The van der Waals surface area contributed by atoms with Crippen molar-refractivity contribution in [2.75, 3.05) is 19.5 Å². The molecule has 0 bridgehead atoms. The normalized spacial score (nSPS) is 10.4. The predicted molar refractivity (Wildman–Crippen MR) is 106 cm³/mol. The summed E-state index contributed by atoms with van der Waals surface area (Å²) in [4.78, 5) is 17.0. The summed E-state index contributed by atoms with van der Waals surface area (Å²) < 4.78 is 10.6. The van der Waals surface area contributed by atoms with Crippen molar-refractivity contribution < 1.29 is 14.3 Å². The van der Waals surface area contributed by atoms with Gasteiger partial charge in [0.05, 0.1) is 30.5 Å². The van der Waals surface area contributed by atoms with Crippen LogP contribution in [-0.4, -0.2) is 30.2 Å². The SMILES string of the molecule is CCOc1ccc2nc(SCC(=O)c3ccc(OC)cc3)c(C#N)cc2c1. The van der Waals surface area contributed by atoms with Crippen molar-refractivity contribution >= 4 is 28.4 Å². The summed E-state index contributed by atoms with van der Waals surface area (Å²) in [5.74, 6) is 1.62. The summed E-state index contributed by atoms with van der Waals surface area (Å²) in [6, 6.07) is 16.5. The van der Waals surface area contributed by atoms with E-state index in [0.29, 0.717) is 28.5 Å². The van der Waals surface area contributed by atoms with Gasteiger partial charge in [-0.05, 0) is 55.5 Å². The third-order valence-electron chi connectivity index (χ3n) is 3.93. The van der Waals surface area contributed by atoms with Crippen molar-refractivity contribution in [3.63, 3.8) is 0 Å². The van der Waals surface area contributed by atoms with Crippen LogP contribution in [0, 0.1) is 11.3 Å². The monoisotopic (exact) mass is 378 g/mol. The smallest absolute Gasteiger partial charge is 0.173 e. The lowest BCUT2D eigenvalue weighted by Crippen LogP contribution is -2.03. The minimum absolute atomic E-state index is 0.0277. The molecule has 3 rings (SSSR count). The van der Waals surface area contributed by atoms with Crippen LogP contribution in [0.2, 0.25) is 0 Å². The van der Waals surface area contributed by atoms with E-state index in [-0.39, 0.29) is 11.5 Å². The number of ether oxygens (including phenoxy) is 2. The molecule has 0 aliphatic heterocycles. The quantitative estimate of drug-likeness (QED) is 0.446. The van der Waals surface area contributed by atoms with Crippen molar-refractivity contribution in [3.8, 4) is 17.6 Å². The molecule has 1 aromatic heterocycles. The molecule has 0 aliphatic rings. The van der Waals surface area contributed by atoms with Crippen LogP contribution < -0.4 is 9.47 Å². The van der Waals surface area contributed by atoms with Crippen LogP contribution in [0.5, 0.6) is 11.5 Å². The van der Waals surface area contributed by atoms with Gasteiger partial charge < -0.3 is 9.47 Å². The molecular weight excluding hydrogens is 360 g/mol. The topological polar surface area (TPSA) is 72.2 Å². The summed E-state index contributed by atoms with van der Waals surface area (Å²) in [7, 11) is 1.58. The Morgan fingerprint density at radius 2 is 1.89 bits per heavy atom. The minimum Gasteiger partial charge on any atom is -0.497 e. The Labute approximate surface area is 161 Å². The molecule has 0 aliphatic carbocycles. The van der Waals surface area contributed by atoms with E-state index in [2.05, 4.69) is 11.1 Å². The van der Waals surface area contributed by atoms with E-state index >= 15 is 0 Å². The van der Waals surface area contributed by atoms with Gasteiger partial charge >= 0.3 is 0 Å². The van der Waals surface area contributed by atoms with Gasteiger partial charge in [0, 0.05) is 10.9 Å². The van der Waals surface area contributed by atoms with E-state index < -0.39 is 0 Å². The summed E-state index contributed by atoms with van der Waals surface area (Å²) in [6.45, 7) is 2.49. The molecule has 0 saturated heterocycles. The zero-order valence-corrected chi connectivity index (χ0v) is 15.9. The Hall–Kier alpha value is -3.04. The molecule has 0 amide bonds. The summed E-state index contributed by atoms with van der Waals surface area (Å²) in [6.07, 6.45) is 0. The average Bonchev–Trinajstić information content (AvgIpc) is 2.71. The molecule has 0 N–H and O–H groups in total. The first kappa shape index (κ1) is 18.7. The number of fused-ring (bicyclic) bond motifs is 1. The molecule has 136 valence electrons. The highest BCUT2D eigenvalue weighted by Crippen LogP contribution is 2.27. The van der Waals surface area contributed by atoms with Crippen LogP contribution in [0.3, 0.4) is 0 Å². The van der Waals surface area contributed by atoms with E-state index in [1.165, 1.54) is 11.8 Å². The van der Waals surface area contributed by atoms with Crippen molar-refractivity contribution in [2.45, 2.75) is 11.9 Å². The van der Waals surface area contributed by atoms with Crippen molar-refractivity contribution in [1.29, 1.82) is 5.26 Å². The lowest BCUT2D eigenvalue weighted by Gasteiger charge is -2.08. The minimum atomic E-state index is -0.0277. The molecule has 5 nitrogen and oxygen atoms in total. The number of nitriles is 1. The lowest BCUT2D eigenvalue weighted by molar-refractivity contribution is 0.102. The van der Waals surface area contributed by atoms with Gasteiger partial charge in [0.1, 0.15) is 22.6 Å². The third kappa shape index (κ3) is 4.39. The first-order valence-electron chi connectivity index (χ1n) is 8.42. The second kappa shape index (κ2) is 8.56. The Bertz CT molecular complexity index is 1010. The zero-order chi connectivity index (χ0) is 19.2. The van der Waals surface area contributed by atoms with Crippen LogP contribution >= 0.6 is 11.8 Å². The molecule has 1 heterocycles. The van der Waals surface area contributed by atoms with Crippen molar-refractivity contribution in [3.05, 3.63) is 59.7 Å². The van der Waals surface area contributed by atoms with Crippen LogP contribution in [0.15, 0.2) is 53.6 Å². The number of benzene rings is 2. The zero-order valence-electron chi connectivity index (χ0n) is 15.1. The number of nitrogens with zero attached hydrogens (tertiary/aromatic N) is 2. The number of hydrogen-bond acceptors (Lipinski definition) is 6. The van der Waals surface area contributed by atoms with E-state index in [1.54, 1.807) is 37.4 Å². The molecule has 6 heteroatoms. The number of thioether (sulfide) groups is 1. The molecule has 2 aromatic carbocycles. The summed E-state index contributed by atoms with van der Waals surface area (Å²) >= 11 is 1.27. The Morgan fingerprint density at radius 3 is 2.56 bits per heavy atom. The number of methoxy groups -OCH3 is 1. The van der Waals surface area contributed by atoms with Crippen molar-refractivity contribution in [2.24, 2.45) is 0 Å². The standard InChI is InChI=1S/C21H18N2O3S/c1-3-26-18-8-9-19-15(11-18)10-16(12-22)21(23-19)27-13-20(24)14-4-6-17(25-2)7-5-14/h4-11H,3,13H2,1-2H3. The van der Waals surface area contributed by atoms with Gasteiger partial charge in [0.25, 0.3) is 0 Å². The summed E-state index contributed by atoms with van der Waals surface area (Å²) in [5, 5.41) is 10.8. The van der Waals surface area contributed by atoms with Crippen LogP contribution in [-0.2, 0) is 0 Å². The molecule has 0 fully saturated rings. The number of aromatic nitrogens is 1. The predicted octanol–water partition coefficient (Wildman–Crippen LogP) is 4.49. The van der Waals surface area contributed by atoms with Gasteiger partial charge in [0.15, 0.2) is 5.78 Å². The largest absolute Gasteiger partial charge is 0.497 e. The van der Waals surface area contributed by atoms with Gasteiger partial charge in [-0.25, -0.2) is 4.98 Å². The highest BCUT2D eigenvalue weighted by Gasteiger charge is 2.12. The molecular formula is C21H18N2O3S. The van der Waals surface area contributed by atoms with Crippen LogP contribution in [0.25, 0.3) is 10.9 Å². The molecule has 0 saturated carbocycles. The molecule has 0 radical (unpaired) electrons. The molecule has 0 atom stereocenters. The van der Waals surface area contributed by atoms with Gasteiger partial charge in [-0.2, -0.15) is 5.26 Å². The molecule has 27 heavy (non-hydrogen) atoms. The van der Waals surface area contributed by atoms with Crippen LogP contribution in [0.1, 0.15) is 22.8 Å². The molecule has 0 spiro atoms. The molecule has 3 aromatic rings. The maximum absolute atomic E-state index is 12.4. The van der Waals surface area contributed by atoms with E-state index in [1.807, 2.05) is 25.1 Å². The van der Waals surface area contributed by atoms with E-state index in [0.717, 1.165) is 16.7 Å². The number of pyridine rings is 1. The highest BCUT2D eigenvalue weighted by atomic mass is 32.2. The summed E-state index contributed by atoms with van der Waals surface area (Å²) in [5.41, 5.74) is 1.81. The lowest BCUT2D eigenvalue weighted by atomic mass is 10.1. The number of Topliss-reactive ketones (excluding diaryl/α,β-unsaturated/α-hetero) is 1. The average molecular weight is 378 g/mol. The van der Waals surface area contributed by atoms with Gasteiger partial charge in [-0.1, -0.05) is 11.8 Å². The van der Waals surface area contributed by atoms with E-state index in [4.69, 9.17) is 9.47 Å². The third-order valence-corrected chi connectivity index (χ3v) is 4.93. The van der Waals surface area contributed by atoms with Crippen molar-refractivity contribution in [1.82, 2.24) is 4.98 Å². The maximum atomic E-state index is 12.4.